The fourth-order valence-corrected chi connectivity index (χ4v) is 5.86. The molecule has 6 nitrogen and oxygen atoms in total. The molecule has 156 valence electrons. The van der Waals surface area contributed by atoms with Gasteiger partial charge >= 0.3 is 0 Å². The lowest BCUT2D eigenvalue weighted by atomic mass is 9.71. The zero-order valence-corrected chi connectivity index (χ0v) is 16.8. The molecule has 4 atom stereocenters. The van der Waals surface area contributed by atoms with Gasteiger partial charge in [0.25, 0.3) is 0 Å². The molecule has 5 rings (SSSR count). The van der Waals surface area contributed by atoms with Crippen LogP contribution in [0.3, 0.4) is 0 Å². The van der Waals surface area contributed by atoms with Gasteiger partial charge in [-0.2, -0.15) is 0 Å². The first-order valence-corrected chi connectivity index (χ1v) is 10.8. The summed E-state index contributed by atoms with van der Waals surface area (Å²) in [5, 5.41) is 8.77. The third-order valence-corrected chi connectivity index (χ3v) is 7.12. The number of hydrogen-bond donors (Lipinski definition) is 3. The Balaban J connectivity index is 1.50. The number of carbonyl (C=O) groups excluding carboxylic acids is 1. The van der Waals surface area contributed by atoms with Gasteiger partial charge < -0.3 is 15.4 Å². The molecule has 1 aromatic rings. The number of benzene rings is 1. The molecular weight excluding hydrogens is 371 g/mol. The molecule has 7 heteroatoms. The van der Waals surface area contributed by atoms with E-state index in [1.165, 1.54) is 6.07 Å². The topological polar surface area (TPSA) is 65.6 Å². The van der Waals surface area contributed by atoms with Gasteiger partial charge in [0.2, 0.25) is 5.91 Å². The van der Waals surface area contributed by atoms with E-state index in [9.17, 15) is 9.18 Å². The van der Waals surface area contributed by atoms with Gasteiger partial charge in [-0.3, -0.25) is 9.80 Å². The summed E-state index contributed by atoms with van der Waals surface area (Å²) in [5.41, 5.74) is 5.43. The molecular formula is C22H29FN4O2. The summed E-state index contributed by atoms with van der Waals surface area (Å²) in [6.45, 7) is 1.95. The van der Waals surface area contributed by atoms with Crippen LogP contribution in [0.15, 0.2) is 30.0 Å². The monoisotopic (exact) mass is 400 g/mol. The Morgan fingerprint density at radius 3 is 2.79 bits per heavy atom. The molecule has 29 heavy (non-hydrogen) atoms. The second kappa shape index (κ2) is 7.61. The molecule has 3 fully saturated rings. The molecule has 3 heterocycles. The number of ether oxygens (including phenoxy) is 1. The van der Waals surface area contributed by atoms with Crippen molar-refractivity contribution in [2.45, 2.75) is 50.2 Å². The van der Waals surface area contributed by atoms with Gasteiger partial charge in [0.05, 0.1) is 7.11 Å². The van der Waals surface area contributed by atoms with Gasteiger partial charge in [-0.05, 0) is 56.8 Å². The SMILES string of the molecule is COc1cccc(F)c1C1CCCC2NN3C(C4CCNCC4)=CC(=O)NC3C21. The molecule has 1 aromatic carbocycles. The molecule has 4 aliphatic rings. The molecule has 0 radical (unpaired) electrons. The zero-order chi connectivity index (χ0) is 20.0. The molecule has 0 bridgehead atoms. The van der Waals surface area contributed by atoms with Crippen LogP contribution < -0.4 is 20.8 Å². The third kappa shape index (κ3) is 3.20. The summed E-state index contributed by atoms with van der Waals surface area (Å²) in [4.78, 5) is 12.6. The Morgan fingerprint density at radius 2 is 2.00 bits per heavy atom. The van der Waals surface area contributed by atoms with Crippen molar-refractivity contribution in [1.29, 1.82) is 0 Å². The molecule has 4 unspecified atom stereocenters. The van der Waals surface area contributed by atoms with Crippen LogP contribution in [0.4, 0.5) is 4.39 Å². The van der Waals surface area contributed by atoms with Gasteiger partial charge in [-0.15, -0.1) is 0 Å². The van der Waals surface area contributed by atoms with Crippen LogP contribution >= 0.6 is 0 Å². The Hall–Kier alpha value is -2.12. The molecule has 1 saturated carbocycles. The minimum atomic E-state index is -0.218. The van der Waals surface area contributed by atoms with Gasteiger partial charge in [0, 0.05) is 35.2 Å². The minimum absolute atomic E-state index is 0.0000671. The second-order valence-corrected chi connectivity index (χ2v) is 8.62. The molecule has 0 aromatic heterocycles. The number of amides is 1. The van der Waals surface area contributed by atoms with Gasteiger partial charge in [-0.25, -0.2) is 9.82 Å². The normalized spacial score (nSPS) is 32.3. The first-order valence-electron chi connectivity index (χ1n) is 10.8. The van der Waals surface area contributed by atoms with Crippen LogP contribution in [0, 0.1) is 17.7 Å². The summed E-state index contributed by atoms with van der Waals surface area (Å²) >= 11 is 0. The first kappa shape index (κ1) is 18.9. The van der Waals surface area contributed by atoms with Crippen LogP contribution in [0.5, 0.6) is 5.75 Å². The van der Waals surface area contributed by atoms with Crippen molar-refractivity contribution < 1.29 is 13.9 Å². The Labute approximate surface area is 170 Å². The van der Waals surface area contributed by atoms with Gasteiger partial charge in [0.1, 0.15) is 17.7 Å². The largest absolute Gasteiger partial charge is 0.496 e. The van der Waals surface area contributed by atoms with E-state index < -0.39 is 0 Å². The molecule has 1 amide bonds. The van der Waals surface area contributed by atoms with Crippen LogP contribution in [-0.4, -0.2) is 43.3 Å². The zero-order valence-electron chi connectivity index (χ0n) is 16.8. The Morgan fingerprint density at radius 1 is 1.17 bits per heavy atom. The van der Waals surface area contributed by atoms with E-state index in [-0.39, 0.29) is 35.8 Å². The summed E-state index contributed by atoms with van der Waals surface area (Å²) in [5.74, 6) is 0.824. The van der Waals surface area contributed by atoms with Crippen LogP contribution in [0.1, 0.15) is 43.6 Å². The highest BCUT2D eigenvalue weighted by Crippen LogP contribution is 2.48. The van der Waals surface area contributed by atoms with Crippen LogP contribution in [-0.2, 0) is 4.79 Å². The number of hydrazine groups is 1. The summed E-state index contributed by atoms with van der Waals surface area (Å²) in [7, 11) is 1.60. The maximum atomic E-state index is 14.9. The highest BCUT2D eigenvalue weighted by molar-refractivity contribution is 5.89. The summed E-state index contributed by atoms with van der Waals surface area (Å²) in [6.07, 6.45) is 6.62. The maximum absolute atomic E-state index is 14.9. The van der Waals surface area contributed by atoms with E-state index in [1.54, 1.807) is 19.3 Å². The first-order chi connectivity index (χ1) is 14.2. The van der Waals surface area contributed by atoms with E-state index in [0.29, 0.717) is 17.2 Å². The number of allylic oxidation sites excluding steroid dienone is 1. The number of nitrogens with one attached hydrogen (secondary N) is 3. The number of hydrogen-bond acceptors (Lipinski definition) is 5. The summed E-state index contributed by atoms with van der Waals surface area (Å²) in [6, 6.07) is 5.26. The van der Waals surface area contributed by atoms with Gasteiger partial charge in [-0.1, -0.05) is 12.5 Å². The maximum Gasteiger partial charge on any atom is 0.247 e. The fraction of sp³-hybridized carbons (Fsp3) is 0.591. The average molecular weight is 400 g/mol. The predicted octanol–water partition coefficient (Wildman–Crippen LogP) is 2.25. The lowest BCUT2D eigenvalue weighted by molar-refractivity contribution is -0.120. The molecule has 2 saturated heterocycles. The third-order valence-electron chi connectivity index (χ3n) is 7.12. The Bertz CT molecular complexity index is 823. The van der Waals surface area contributed by atoms with Crippen molar-refractivity contribution in [3.05, 3.63) is 41.4 Å². The quantitative estimate of drug-likeness (QED) is 0.726. The fourth-order valence-electron chi connectivity index (χ4n) is 5.86. The lowest BCUT2D eigenvalue weighted by Gasteiger charge is -2.41. The lowest BCUT2D eigenvalue weighted by Crippen LogP contribution is -2.54. The van der Waals surface area contributed by atoms with Gasteiger partial charge in [0.15, 0.2) is 0 Å². The standard InChI is InChI=1S/C22H29FN4O2/c1-29-18-7-3-5-15(23)20(18)14-4-2-6-16-21(14)22-25-19(28)12-17(27(22)26-16)13-8-10-24-11-9-13/h3,5,7,12-14,16,21-22,24,26H,2,4,6,8-11H2,1H3,(H,25,28). The summed E-state index contributed by atoms with van der Waals surface area (Å²) < 4.78 is 20.4. The number of halogens is 1. The van der Waals surface area contributed by atoms with E-state index in [1.807, 2.05) is 6.07 Å². The number of methoxy groups -OCH3 is 1. The molecule has 0 spiro atoms. The molecule has 3 N–H and O–H groups in total. The van der Waals surface area contributed by atoms with Crippen LogP contribution in [0.25, 0.3) is 0 Å². The number of carbonyl (C=O) groups is 1. The van der Waals surface area contributed by atoms with Crippen molar-refractivity contribution in [2.24, 2.45) is 11.8 Å². The second-order valence-electron chi connectivity index (χ2n) is 8.62. The number of nitrogens with zero attached hydrogens (tertiary/aromatic N) is 1. The van der Waals surface area contributed by atoms with Crippen LogP contribution in [0.2, 0.25) is 0 Å². The Kier molecular flexibility index (Phi) is 4.95. The van der Waals surface area contributed by atoms with Crippen molar-refractivity contribution >= 4 is 5.91 Å². The van der Waals surface area contributed by atoms with Crippen molar-refractivity contribution in [2.75, 3.05) is 20.2 Å². The minimum Gasteiger partial charge on any atom is -0.496 e. The predicted molar refractivity (Wildman–Crippen MR) is 107 cm³/mol. The van der Waals surface area contributed by atoms with Crippen molar-refractivity contribution in [3.63, 3.8) is 0 Å². The van der Waals surface area contributed by atoms with Crippen molar-refractivity contribution in [1.82, 2.24) is 21.1 Å². The van der Waals surface area contributed by atoms with E-state index in [2.05, 4.69) is 21.1 Å². The number of piperidine rings is 1. The highest BCUT2D eigenvalue weighted by Gasteiger charge is 2.52. The van der Waals surface area contributed by atoms with Crippen molar-refractivity contribution in [3.8, 4) is 5.75 Å². The molecule has 1 aliphatic carbocycles. The molecule has 3 aliphatic heterocycles. The number of fused-ring (bicyclic) bond motifs is 3. The highest BCUT2D eigenvalue weighted by atomic mass is 19.1. The number of rotatable bonds is 3. The van der Waals surface area contributed by atoms with E-state index >= 15 is 0 Å². The van der Waals surface area contributed by atoms with E-state index in [0.717, 1.165) is 50.9 Å². The average Bonchev–Trinajstić information content (AvgIpc) is 3.12. The smallest absolute Gasteiger partial charge is 0.247 e. The van der Waals surface area contributed by atoms with E-state index in [4.69, 9.17) is 4.74 Å².